The minimum atomic E-state index is 0.808. The van der Waals surface area contributed by atoms with Crippen molar-refractivity contribution in [1.82, 2.24) is 15.5 Å². The van der Waals surface area contributed by atoms with Crippen LogP contribution in [-0.4, -0.2) is 23.8 Å². The minimum Gasteiger partial charge on any atom is -0.453 e. The second-order valence-electron chi connectivity index (χ2n) is 4.86. The van der Waals surface area contributed by atoms with Gasteiger partial charge < -0.3 is 9.73 Å². The Balaban J connectivity index is 1.83. The monoisotopic (exact) mass is 287 g/mol. The van der Waals surface area contributed by atoms with Crippen molar-refractivity contribution in [2.75, 3.05) is 13.6 Å². The number of furan rings is 1. The Morgan fingerprint density at radius 3 is 3.00 bits per heavy atom. The number of aromatic nitrogens is 2. The van der Waals surface area contributed by atoms with Crippen LogP contribution in [0.3, 0.4) is 0 Å². The Labute approximate surface area is 121 Å². The average molecular weight is 287 g/mol. The van der Waals surface area contributed by atoms with Gasteiger partial charge in [0.25, 0.3) is 0 Å². The van der Waals surface area contributed by atoms with Gasteiger partial charge in [-0.2, -0.15) is 0 Å². The summed E-state index contributed by atoms with van der Waals surface area (Å²) < 4.78 is 5.84. The third kappa shape index (κ3) is 2.73. The van der Waals surface area contributed by atoms with Gasteiger partial charge in [-0.05, 0) is 45.1 Å². The maximum Gasteiger partial charge on any atom is 0.183 e. The van der Waals surface area contributed by atoms with E-state index in [0.29, 0.717) is 0 Å². The molecule has 1 N–H and O–H groups in total. The fourth-order valence-electron chi connectivity index (χ4n) is 2.14. The lowest BCUT2D eigenvalue weighted by Gasteiger charge is -1.94. The van der Waals surface area contributed by atoms with Crippen molar-refractivity contribution in [1.29, 1.82) is 0 Å². The molecule has 0 saturated heterocycles. The van der Waals surface area contributed by atoms with E-state index in [9.17, 15) is 0 Å². The van der Waals surface area contributed by atoms with Crippen molar-refractivity contribution < 1.29 is 4.42 Å². The van der Waals surface area contributed by atoms with E-state index in [-0.39, 0.29) is 0 Å². The zero-order valence-electron chi connectivity index (χ0n) is 11.6. The summed E-state index contributed by atoms with van der Waals surface area (Å²) in [6, 6.07) is 8.22. The van der Waals surface area contributed by atoms with E-state index >= 15 is 0 Å². The van der Waals surface area contributed by atoms with Crippen LogP contribution in [0.15, 0.2) is 28.7 Å². The van der Waals surface area contributed by atoms with Crippen molar-refractivity contribution >= 4 is 22.3 Å². The zero-order valence-corrected chi connectivity index (χ0v) is 12.5. The summed E-state index contributed by atoms with van der Waals surface area (Å²) in [5, 5.41) is 14.6. The third-order valence-electron chi connectivity index (χ3n) is 3.17. The summed E-state index contributed by atoms with van der Waals surface area (Å²) >= 11 is 1.61. The van der Waals surface area contributed by atoms with Crippen LogP contribution in [0.4, 0.5) is 0 Å². The van der Waals surface area contributed by atoms with Crippen LogP contribution in [0.5, 0.6) is 0 Å². The molecule has 1 aromatic carbocycles. The van der Waals surface area contributed by atoms with Crippen LogP contribution in [0, 0.1) is 6.92 Å². The number of hydrogen-bond acceptors (Lipinski definition) is 5. The van der Waals surface area contributed by atoms with E-state index in [1.807, 2.05) is 19.2 Å². The van der Waals surface area contributed by atoms with E-state index in [2.05, 4.69) is 34.6 Å². The Kier molecular flexibility index (Phi) is 3.80. The first-order valence-electron chi connectivity index (χ1n) is 6.74. The number of nitrogens with one attached hydrogen (secondary N) is 1. The molecule has 0 aliphatic heterocycles. The van der Waals surface area contributed by atoms with Crippen molar-refractivity contribution in [3.63, 3.8) is 0 Å². The largest absolute Gasteiger partial charge is 0.453 e. The molecule has 2 aromatic heterocycles. The number of aryl methyl sites for hydroxylation is 2. The predicted molar refractivity (Wildman–Crippen MR) is 82.1 cm³/mol. The van der Waals surface area contributed by atoms with Crippen LogP contribution in [0.2, 0.25) is 0 Å². The normalized spacial score (nSPS) is 11.3. The molecule has 0 saturated carbocycles. The van der Waals surface area contributed by atoms with Gasteiger partial charge in [0.1, 0.15) is 10.6 Å². The van der Waals surface area contributed by atoms with Gasteiger partial charge >= 0.3 is 0 Å². The van der Waals surface area contributed by atoms with Crippen molar-refractivity contribution in [3.05, 3.63) is 34.8 Å². The third-order valence-corrected chi connectivity index (χ3v) is 4.16. The molecule has 5 heteroatoms. The topological polar surface area (TPSA) is 51.0 Å². The highest BCUT2D eigenvalue weighted by Crippen LogP contribution is 2.30. The van der Waals surface area contributed by atoms with E-state index in [1.165, 1.54) is 5.56 Å². The van der Waals surface area contributed by atoms with Crippen LogP contribution >= 0.6 is 11.3 Å². The number of hydrogen-bond donors (Lipinski definition) is 1. The summed E-state index contributed by atoms with van der Waals surface area (Å²) in [5.41, 5.74) is 2.13. The Hall–Kier alpha value is -1.72. The molecule has 3 aromatic rings. The number of rotatable bonds is 5. The highest BCUT2D eigenvalue weighted by Gasteiger charge is 2.11. The zero-order chi connectivity index (χ0) is 13.9. The van der Waals surface area contributed by atoms with Gasteiger partial charge in [-0.15, -0.1) is 10.2 Å². The lowest BCUT2D eigenvalue weighted by atomic mass is 10.2. The summed E-state index contributed by atoms with van der Waals surface area (Å²) in [7, 11) is 1.96. The maximum atomic E-state index is 5.84. The van der Waals surface area contributed by atoms with Gasteiger partial charge in [0.05, 0.1) is 0 Å². The summed E-state index contributed by atoms with van der Waals surface area (Å²) in [6.45, 7) is 3.08. The molecular weight excluding hydrogens is 270 g/mol. The minimum absolute atomic E-state index is 0.808. The van der Waals surface area contributed by atoms with Gasteiger partial charge in [-0.1, -0.05) is 23.0 Å². The number of nitrogens with zero attached hydrogens (tertiary/aromatic N) is 2. The Morgan fingerprint density at radius 2 is 2.15 bits per heavy atom. The van der Waals surface area contributed by atoms with E-state index in [4.69, 9.17) is 4.42 Å². The first-order valence-corrected chi connectivity index (χ1v) is 7.55. The fourth-order valence-corrected chi connectivity index (χ4v) is 2.97. The smallest absolute Gasteiger partial charge is 0.183 e. The molecule has 3 rings (SSSR count). The fraction of sp³-hybridized carbons (Fsp3) is 0.333. The molecule has 0 aliphatic rings. The number of fused-ring (bicyclic) bond motifs is 1. The van der Waals surface area contributed by atoms with Crippen LogP contribution in [0.25, 0.3) is 21.7 Å². The van der Waals surface area contributed by atoms with E-state index in [0.717, 1.165) is 46.1 Å². The molecule has 0 aliphatic carbocycles. The molecule has 4 nitrogen and oxygen atoms in total. The molecule has 0 unspecified atom stereocenters. The molecule has 0 radical (unpaired) electrons. The molecule has 0 atom stereocenters. The van der Waals surface area contributed by atoms with Gasteiger partial charge in [-0.25, -0.2) is 0 Å². The molecule has 2 heterocycles. The predicted octanol–water partition coefficient (Wildman–Crippen LogP) is 3.41. The second kappa shape index (κ2) is 5.73. The first kappa shape index (κ1) is 13.3. The summed E-state index contributed by atoms with van der Waals surface area (Å²) in [4.78, 5) is 0. The van der Waals surface area contributed by atoms with E-state index < -0.39 is 0 Å². The van der Waals surface area contributed by atoms with Crippen molar-refractivity contribution in [2.24, 2.45) is 0 Å². The van der Waals surface area contributed by atoms with E-state index in [1.54, 1.807) is 11.3 Å². The highest BCUT2D eigenvalue weighted by molar-refractivity contribution is 7.14. The molecule has 20 heavy (non-hydrogen) atoms. The average Bonchev–Trinajstić information content (AvgIpc) is 3.04. The Morgan fingerprint density at radius 1 is 1.25 bits per heavy atom. The lowest BCUT2D eigenvalue weighted by Crippen LogP contribution is -2.08. The standard InChI is InChI=1S/C15H17N3OS/c1-10-5-6-12-11(8-10)9-13(19-12)15-18-17-14(20-15)4-3-7-16-2/h5-6,8-9,16H,3-4,7H2,1-2H3. The van der Waals surface area contributed by atoms with Crippen LogP contribution in [-0.2, 0) is 6.42 Å². The van der Waals surface area contributed by atoms with Gasteiger partial charge in [0, 0.05) is 11.8 Å². The van der Waals surface area contributed by atoms with Crippen LogP contribution < -0.4 is 5.32 Å². The lowest BCUT2D eigenvalue weighted by molar-refractivity contribution is 0.629. The summed E-state index contributed by atoms with van der Waals surface area (Å²) in [5.74, 6) is 0.808. The van der Waals surface area contributed by atoms with Gasteiger partial charge in [0.2, 0.25) is 0 Å². The van der Waals surface area contributed by atoms with Crippen LogP contribution in [0.1, 0.15) is 17.0 Å². The highest BCUT2D eigenvalue weighted by atomic mass is 32.1. The number of benzene rings is 1. The van der Waals surface area contributed by atoms with Crippen molar-refractivity contribution in [3.8, 4) is 10.8 Å². The molecule has 0 bridgehead atoms. The van der Waals surface area contributed by atoms with Gasteiger partial charge in [0.15, 0.2) is 10.8 Å². The quantitative estimate of drug-likeness (QED) is 0.731. The summed E-state index contributed by atoms with van der Waals surface area (Å²) in [6.07, 6.45) is 2.03. The molecule has 0 spiro atoms. The van der Waals surface area contributed by atoms with Crippen molar-refractivity contribution in [2.45, 2.75) is 19.8 Å². The van der Waals surface area contributed by atoms with Gasteiger partial charge in [-0.3, -0.25) is 0 Å². The first-order chi connectivity index (χ1) is 9.76. The Bertz CT molecular complexity index is 717. The maximum absolute atomic E-state index is 5.84. The molecule has 0 fully saturated rings. The SMILES string of the molecule is CNCCCc1nnc(-c2cc3cc(C)ccc3o2)s1. The molecule has 104 valence electrons. The molecule has 0 amide bonds. The second-order valence-corrected chi connectivity index (χ2v) is 5.92. The molecular formula is C15H17N3OS.